The van der Waals surface area contributed by atoms with Crippen LogP contribution < -0.4 is 15.4 Å². The van der Waals surface area contributed by atoms with E-state index in [4.69, 9.17) is 0 Å². The number of carbonyl (C=O) groups is 3. The fourth-order valence-electron chi connectivity index (χ4n) is 2.89. The Kier molecular flexibility index (Phi) is 5.19. The topological polar surface area (TPSA) is 87.7 Å². The molecule has 152 valence electrons. The molecule has 0 spiro atoms. The van der Waals surface area contributed by atoms with Gasteiger partial charge in [-0.1, -0.05) is 30.3 Å². The summed E-state index contributed by atoms with van der Waals surface area (Å²) in [6, 6.07) is 12.3. The molecule has 1 atom stereocenters. The minimum absolute atomic E-state index is 0.183. The number of amides is 4. The lowest BCUT2D eigenvalue weighted by molar-refractivity contribution is -0.274. The Bertz CT molecular complexity index is 932. The van der Waals surface area contributed by atoms with Crippen molar-refractivity contribution in [3.05, 3.63) is 60.2 Å². The molecule has 1 heterocycles. The number of nitrogens with one attached hydrogen (secondary N) is 2. The first-order chi connectivity index (χ1) is 13.6. The molecule has 0 radical (unpaired) electrons. The van der Waals surface area contributed by atoms with Crippen molar-refractivity contribution in [3.63, 3.8) is 0 Å². The number of anilines is 1. The lowest BCUT2D eigenvalue weighted by Gasteiger charge is -2.22. The van der Waals surface area contributed by atoms with Crippen LogP contribution in [0.25, 0.3) is 0 Å². The Balaban J connectivity index is 1.65. The van der Waals surface area contributed by atoms with Crippen molar-refractivity contribution >= 4 is 23.5 Å². The highest BCUT2D eigenvalue weighted by Gasteiger charge is 2.49. The van der Waals surface area contributed by atoms with Gasteiger partial charge in [0.15, 0.2) is 0 Å². The van der Waals surface area contributed by atoms with Gasteiger partial charge in [-0.05, 0) is 36.8 Å². The van der Waals surface area contributed by atoms with Gasteiger partial charge < -0.3 is 15.4 Å². The lowest BCUT2D eigenvalue weighted by atomic mass is 9.92. The first-order valence-corrected chi connectivity index (χ1v) is 8.44. The molecule has 2 aromatic rings. The van der Waals surface area contributed by atoms with Gasteiger partial charge >= 0.3 is 12.4 Å². The summed E-state index contributed by atoms with van der Waals surface area (Å²) in [7, 11) is 0. The molecule has 4 amide bonds. The summed E-state index contributed by atoms with van der Waals surface area (Å²) in [5.41, 5.74) is -0.543. The number of urea groups is 1. The molecule has 1 unspecified atom stereocenters. The second-order valence-electron chi connectivity index (χ2n) is 6.43. The van der Waals surface area contributed by atoms with E-state index < -0.39 is 42.0 Å². The highest BCUT2D eigenvalue weighted by Crippen LogP contribution is 2.28. The van der Waals surface area contributed by atoms with Crippen LogP contribution in [0.2, 0.25) is 0 Å². The smallest absolute Gasteiger partial charge is 0.406 e. The third-order valence-corrected chi connectivity index (χ3v) is 4.30. The van der Waals surface area contributed by atoms with Crippen LogP contribution in [-0.2, 0) is 15.1 Å². The fraction of sp³-hybridized carbons (Fsp3) is 0.211. The maximum absolute atomic E-state index is 12.7. The molecule has 1 aliphatic heterocycles. The molecule has 2 N–H and O–H groups in total. The van der Waals surface area contributed by atoms with E-state index in [1.165, 1.54) is 12.1 Å². The fourth-order valence-corrected chi connectivity index (χ4v) is 2.89. The predicted octanol–water partition coefficient (Wildman–Crippen LogP) is 2.99. The zero-order chi connectivity index (χ0) is 21.2. The van der Waals surface area contributed by atoms with Crippen LogP contribution in [-0.4, -0.2) is 35.7 Å². The van der Waals surface area contributed by atoms with Crippen molar-refractivity contribution in [2.24, 2.45) is 0 Å². The Morgan fingerprint density at radius 3 is 2.31 bits per heavy atom. The zero-order valence-corrected chi connectivity index (χ0v) is 15.1. The Morgan fingerprint density at radius 2 is 1.72 bits per heavy atom. The van der Waals surface area contributed by atoms with Crippen LogP contribution in [0.15, 0.2) is 54.6 Å². The summed E-state index contributed by atoms with van der Waals surface area (Å²) in [6.07, 6.45) is -4.82. The van der Waals surface area contributed by atoms with Crippen LogP contribution in [0.3, 0.4) is 0 Å². The quantitative estimate of drug-likeness (QED) is 0.746. The molecule has 0 aromatic heterocycles. The molecule has 0 saturated carbocycles. The van der Waals surface area contributed by atoms with E-state index in [0.29, 0.717) is 5.56 Å². The summed E-state index contributed by atoms with van der Waals surface area (Å²) >= 11 is 0. The SMILES string of the molecule is CC1(c2ccccc2)NC(=O)N(CC(=O)Nc2ccc(OC(F)(F)F)cc2)C1=O. The normalized spacial score (nSPS) is 19.1. The van der Waals surface area contributed by atoms with Gasteiger partial charge in [0, 0.05) is 5.69 Å². The van der Waals surface area contributed by atoms with Gasteiger partial charge in [-0.15, -0.1) is 13.2 Å². The maximum Gasteiger partial charge on any atom is 0.573 e. The third-order valence-electron chi connectivity index (χ3n) is 4.30. The molecular formula is C19H16F3N3O4. The first-order valence-electron chi connectivity index (χ1n) is 8.44. The van der Waals surface area contributed by atoms with E-state index in [-0.39, 0.29) is 5.69 Å². The number of nitrogens with zero attached hydrogens (tertiary/aromatic N) is 1. The summed E-state index contributed by atoms with van der Waals surface area (Å²) in [5.74, 6) is -1.71. The van der Waals surface area contributed by atoms with E-state index in [1.54, 1.807) is 37.3 Å². The zero-order valence-electron chi connectivity index (χ0n) is 15.1. The summed E-state index contributed by atoms with van der Waals surface area (Å²) in [5, 5.41) is 5.00. The molecule has 0 aliphatic carbocycles. The molecule has 10 heteroatoms. The number of halogens is 3. The van der Waals surface area contributed by atoms with Crippen molar-refractivity contribution in [2.45, 2.75) is 18.8 Å². The van der Waals surface area contributed by atoms with E-state index in [9.17, 15) is 27.6 Å². The maximum atomic E-state index is 12.7. The average molecular weight is 407 g/mol. The monoisotopic (exact) mass is 407 g/mol. The minimum Gasteiger partial charge on any atom is -0.406 e. The number of alkyl halides is 3. The Hall–Kier alpha value is -3.56. The number of hydrogen-bond acceptors (Lipinski definition) is 4. The highest BCUT2D eigenvalue weighted by atomic mass is 19.4. The van der Waals surface area contributed by atoms with Crippen molar-refractivity contribution in [2.75, 3.05) is 11.9 Å². The van der Waals surface area contributed by atoms with Gasteiger partial charge in [0.1, 0.15) is 17.8 Å². The van der Waals surface area contributed by atoms with Gasteiger partial charge in [-0.2, -0.15) is 0 Å². The summed E-state index contributed by atoms with van der Waals surface area (Å²) in [6.45, 7) is 0.994. The van der Waals surface area contributed by atoms with Crippen LogP contribution in [0.1, 0.15) is 12.5 Å². The molecule has 1 aliphatic rings. The lowest BCUT2D eigenvalue weighted by Crippen LogP contribution is -2.42. The molecule has 1 saturated heterocycles. The third kappa shape index (κ3) is 4.48. The van der Waals surface area contributed by atoms with Gasteiger partial charge in [-0.25, -0.2) is 4.79 Å². The molecule has 0 bridgehead atoms. The Morgan fingerprint density at radius 1 is 1.10 bits per heavy atom. The van der Waals surface area contributed by atoms with Crippen LogP contribution in [0, 0.1) is 0 Å². The van der Waals surface area contributed by atoms with Crippen LogP contribution in [0.5, 0.6) is 5.75 Å². The van der Waals surface area contributed by atoms with Crippen LogP contribution >= 0.6 is 0 Å². The Labute approximate surface area is 163 Å². The number of rotatable bonds is 5. The first kappa shape index (κ1) is 20.2. The molecule has 2 aromatic carbocycles. The van der Waals surface area contributed by atoms with Crippen molar-refractivity contribution < 1.29 is 32.3 Å². The largest absolute Gasteiger partial charge is 0.573 e. The van der Waals surface area contributed by atoms with E-state index in [2.05, 4.69) is 15.4 Å². The number of carbonyl (C=O) groups excluding carboxylic acids is 3. The molecule has 3 rings (SSSR count). The number of imide groups is 1. The average Bonchev–Trinajstić information content (AvgIpc) is 2.87. The second-order valence-corrected chi connectivity index (χ2v) is 6.43. The van der Waals surface area contributed by atoms with Gasteiger partial charge in [0.05, 0.1) is 0 Å². The molecular weight excluding hydrogens is 391 g/mol. The van der Waals surface area contributed by atoms with Gasteiger partial charge in [0.2, 0.25) is 5.91 Å². The second kappa shape index (κ2) is 7.46. The molecule has 1 fully saturated rings. The number of ether oxygens (including phenoxy) is 1. The predicted molar refractivity (Wildman–Crippen MR) is 95.8 cm³/mol. The van der Waals surface area contributed by atoms with Crippen molar-refractivity contribution in [1.29, 1.82) is 0 Å². The highest BCUT2D eigenvalue weighted by molar-refractivity contribution is 6.10. The van der Waals surface area contributed by atoms with E-state index in [0.717, 1.165) is 17.0 Å². The van der Waals surface area contributed by atoms with E-state index in [1.807, 2.05) is 0 Å². The van der Waals surface area contributed by atoms with Crippen LogP contribution in [0.4, 0.5) is 23.7 Å². The number of hydrogen-bond donors (Lipinski definition) is 2. The van der Waals surface area contributed by atoms with Crippen molar-refractivity contribution in [1.82, 2.24) is 10.2 Å². The molecule has 29 heavy (non-hydrogen) atoms. The standard InChI is InChI=1S/C19H16F3N3O4/c1-18(12-5-3-2-4-6-12)16(27)25(17(28)24-18)11-15(26)23-13-7-9-14(10-8-13)29-19(20,21)22/h2-10H,11H2,1H3,(H,23,26)(H,24,28). The molecule has 7 nitrogen and oxygen atoms in total. The summed E-state index contributed by atoms with van der Waals surface area (Å²) < 4.78 is 40.3. The van der Waals surface area contributed by atoms with Gasteiger partial charge in [0.25, 0.3) is 5.91 Å². The van der Waals surface area contributed by atoms with Gasteiger partial charge in [-0.3, -0.25) is 14.5 Å². The number of benzene rings is 2. The minimum atomic E-state index is -4.82. The summed E-state index contributed by atoms with van der Waals surface area (Å²) in [4.78, 5) is 38.0. The van der Waals surface area contributed by atoms with Crippen molar-refractivity contribution in [3.8, 4) is 5.75 Å². The van der Waals surface area contributed by atoms with E-state index >= 15 is 0 Å².